The van der Waals surface area contributed by atoms with Gasteiger partial charge in [0.25, 0.3) is 5.91 Å². The van der Waals surface area contributed by atoms with Gasteiger partial charge in [-0.2, -0.15) is 0 Å². The van der Waals surface area contributed by atoms with Crippen LogP contribution in [0, 0.1) is 13.8 Å². The Labute approximate surface area is 118 Å². The van der Waals surface area contributed by atoms with E-state index in [0.29, 0.717) is 6.61 Å². The Hall–Kier alpha value is -2.04. The Balaban J connectivity index is 1.97. The Bertz CT molecular complexity index is 532. The zero-order valence-corrected chi connectivity index (χ0v) is 12.3. The lowest BCUT2D eigenvalue weighted by Gasteiger charge is -2.17. The second kappa shape index (κ2) is 5.15. The molecule has 1 aromatic rings. The number of nitrogens with one attached hydrogen (secondary N) is 1. The highest BCUT2D eigenvalue weighted by atomic mass is 16.5. The molecule has 0 aliphatic carbocycles. The van der Waals surface area contributed by atoms with Crippen molar-refractivity contribution < 1.29 is 14.3 Å². The van der Waals surface area contributed by atoms with E-state index in [2.05, 4.69) is 5.32 Å². The largest absolute Gasteiger partial charge is 0.491 e. The van der Waals surface area contributed by atoms with E-state index in [-0.39, 0.29) is 18.5 Å². The maximum atomic E-state index is 12.0. The number of aryl methyl sites for hydroxylation is 2. The van der Waals surface area contributed by atoms with Gasteiger partial charge < -0.3 is 10.1 Å². The molecule has 1 aliphatic heterocycles. The number of hydrogen-bond acceptors (Lipinski definition) is 3. The fraction of sp³-hybridized carbons (Fsp3) is 0.467. The third-order valence-electron chi connectivity index (χ3n) is 3.41. The van der Waals surface area contributed by atoms with Crippen LogP contribution in [0.2, 0.25) is 0 Å². The zero-order valence-electron chi connectivity index (χ0n) is 12.3. The van der Waals surface area contributed by atoms with Crippen LogP contribution in [0.4, 0.5) is 4.79 Å². The minimum atomic E-state index is -0.824. The minimum absolute atomic E-state index is 0.215. The van der Waals surface area contributed by atoms with Crippen molar-refractivity contribution >= 4 is 11.9 Å². The van der Waals surface area contributed by atoms with Crippen molar-refractivity contribution in [1.29, 1.82) is 0 Å². The van der Waals surface area contributed by atoms with Crippen molar-refractivity contribution in [1.82, 2.24) is 10.2 Å². The smallest absolute Gasteiger partial charge is 0.325 e. The average Bonchev–Trinajstić information content (AvgIpc) is 2.54. The number of imide groups is 1. The monoisotopic (exact) mass is 276 g/mol. The fourth-order valence-corrected chi connectivity index (χ4v) is 2.29. The molecule has 3 amide bonds. The molecule has 0 bridgehead atoms. The summed E-state index contributed by atoms with van der Waals surface area (Å²) >= 11 is 0. The molecule has 108 valence electrons. The van der Waals surface area contributed by atoms with Crippen molar-refractivity contribution in [3.05, 3.63) is 29.3 Å². The van der Waals surface area contributed by atoms with Gasteiger partial charge in [0.2, 0.25) is 0 Å². The molecule has 0 unspecified atom stereocenters. The van der Waals surface area contributed by atoms with Crippen LogP contribution < -0.4 is 10.1 Å². The van der Waals surface area contributed by atoms with Gasteiger partial charge in [0.05, 0.1) is 6.54 Å². The zero-order chi connectivity index (χ0) is 14.9. The van der Waals surface area contributed by atoms with Gasteiger partial charge in [0, 0.05) is 0 Å². The van der Waals surface area contributed by atoms with E-state index in [0.717, 1.165) is 16.9 Å². The molecular weight excluding hydrogens is 256 g/mol. The molecule has 0 aromatic heterocycles. The van der Waals surface area contributed by atoms with Gasteiger partial charge in [-0.05, 0) is 38.8 Å². The first-order chi connectivity index (χ1) is 9.33. The second-order valence-electron chi connectivity index (χ2n) is 5.58. The molecule has 1 aromatic carbocycles. The number of para-hydroxylation sites is 1. The van der Waals surface area contributed by atoms with E-state index in [4.69, 9.17) is 4.74 Å². The molecule has 1 aliphatic rings. The van der Waals surface area contributed by atoms with Crippen molar-refractivity contribution in [2.75, 3.05) is 13.2 Å². The Morgan fingerprint density at radius 2 is 1.80 bits per heavy atom. The van der Waals surface area contributed by atoms with Crippen LogP contribution in [0.25, 0.3) is 0 Å². The summed E-state index contributed by atoms with van der Waals surface area (Å²) in [6.45, 7) is 7.88. The fourth-order valence-electron chi connectivity index (χ4n) is 2.29. The molecular formula is C15H20N2O3. The van der Waals surface area contributed by atoms with E-state index in [9.17, 15) is 9.59 Å². The summed E-state index contributed by atoms with van der Waals surface area (Å²) in [5.41, 5.74) is 1.26. The van der Waals surface area contributed by atoms with Crippen molar-refractivity contribution in [3.8, 4) is 5.75 Å². The van der Waals surface area contributed by atoms with E-state index in [1.165, 1.54) is 4.90 Å². The second-order valence-corrected chi connectivity index (χ2v) is 5.58. The number of ether oxygens (including phenoxy) is 1. The highest BCUT2D eigenvalue weighted by Gasteiger charge is 2.43. The number of carbonyl (C=O) groups excluding carboxylic acids is 2. The van der Waals surface area contributed by atoms with Crippen LogP contribution in [0.3, 0.4) is 0 Å². The maximum absolute atomic E-state index is 12.0. The van der Waals surface area contributed by atoms with Gasteiger partial charge >= 0.3 is 6.03 Å². The number of carbonyl (C=O) groups is 2. The first-order valence-corrected chi connectivity index (χ1v) is 6.66. The number of hydrogen-bond donors (Lipinski definition) is 1. The molecule has 5 heteroatoms. The third kappa shape index (κ3) is 2.61. The van der Waals surface area contributed by atoms with Gasteiger partial charge in [-0.25, -0.2) is 4.79 Å². The molecule has 1 heterocycles. The van der Waals surface area contributed by atoms with Gasteiger partial charge in [-0.1, -0.05) is 18.2 Å². The van der Waals surface area contributed by atoms with Gasteiger partial charge in [0.15, 0.2) is 0 Å². The number of amides is 3. The number of urea groups is 1. The first kappa shape index (κ1) is 14.4. The molecule has 0 spiro atoms. The highest BCUT2D eigenvalue weighted by Crippen LogP contribution is 2.22. The Morgan fingerprint density at radius 1 is 1.20 bits per heavy atom. The summed E-state index contributed by atoms with van der Waals surface area (Å²) < 4.78 is 5.72. The van der Waals surface area contributed by atoms with E-state index >= 15 is 0 Å². The molecule has 1 fully saturated rings. The maximum Gasteiger partial charge on any atom is 0.325 e. The predicted molar refractivity (Wildman–Crippen MR) is 75.7 cm³/mol. The molecule has 0 radical (unpaired) electrons. The van der Waals surface area contributed by atoms with Crippen LogP contribution in [0.5, 0.6) is 5.75 Å². The summed E-state index contributed by atoms with van der Waals surface area (Å²) in [4.78, 5) is 24.9. The van der Waals surface area contributed by atoms with Crippen LogP contribution in [0.15, 0.2) is 18.2 Å². The lowest BCUT2D eigenvalue weighted by Crippen LogP contribution is -2.40. The third-order valence-corrected chi connectivity index (χ3v) is 3.41. The first-order valence-electron chi connectivity index (χ1n) is 6.66. The molecule has 0 saturated carbocycles. The van der Waals surface area contributed by atoms with Crippen LogP contribution in [0.1, 0.15) is 25.0 Å². The minimum Gasteiger partial charge on any atom is -0.491 e. The topological polar surface area (TPSA) is 58.6 Å². The van der Waals surface area contributed by atoms with Crippen molar-refractivity contribution in [2.45, 2.75) is 33.2 Å². The number of benzene rings is 1. The predicted octanol–water partition coefficient (Wildman–Crippen LogP) is 2.01. The SMILES string of the molecule is Cc1cccc(C)c1OCCN1C(=O)NC(C)(C)C1=O. The normalized spacial score (nSPS) is 17.3. The standard InChI is InChI=1S/C15H20N2O3/c1-10-6-5-7-11(2)12(10)20-9-8-17-13(18)15(3,4)16-14(17)19/h5-7H,8-9H2,1-4H3,(H,16,19). The molecule has 1 saturated heterocycles. The highest BCUT2D eigenvalue weighted by molar-refractivity contribution is 6.06. The van der Waals surface area contributed by atoms with Gasteiger partial charge in [-0.3, -0.25) is 9.69 Å². The van der Waals surface area contributed by atoms with Crippen molar-refractivity contribution in [2.24, 2.45) is 0 Å². The summed E-state index contributed by atoms with van der Waals surface area (Å²) in [6.07, 6.45) is 0. The van der Waals surface area contributed by atoms with Gasteiger partial charge in [0.1, 0.15) is 17.9 Å². The summed E-state index contributed by atoms with van der Waals surface area (Å²) in [5.74, 6) is 0.603. The Morgan fingerprint density at radius 3 is 2.30 bits per heavy atom. The lowest BCUT2D eigenvalue weighted by molar-refractivity contribution is -0.130. The van der Waals surface area contributed by atoms with Crippen LogP contribution in [-0.2, 0) is 4.79 Å². The van der Waals surface area contributed by atoms with E-state index in [1.807, 2.05) is 32.0 Å². The van der Waals surface area contributed by atoms with E-state index < -0.39 is 5.54 Å². The summed E-state index contributed by atoms with van der Waals surface area (Å²) in [7, 11) is 0. The van der Waals surface area contributed by atoms with Crippen molar-refractivity contribution in [3.63, 3.8) is 0 Å². The summed E-state index contributed by atoms with van der Waals surface area (Å²) in [6, 6.07) is 5.56. The van der Waals surface area contributed by atoms with Crippen LogP contribution in [-0.4, -0.2) is 35.5 Å². The molecule has 20 heavy (non-hydrogen) atoms. The van der Waals surface area contributed by atoms with Crippen LogP contribution >= 0.6 is 0 Å². The average molecular weight is 276 g/mol. The Kier molecular flexibility index (Phi) is 3.70. The number of rotatable bonds is 4. The molecule has 2 rings (SSSR count). The molecule has 1 N–H and O–H groups in total. The lowest BCUT2D eigenvalue weighted by atomic mass is 10.1. The molecule has 5 nitrogen and oxygen atoms in total. The van der Waals surface area contributed by atoms with Gasteiger partial charge in [-0.15, -0.1) is 0 Å². The van der Waals surface area contributed by atoms with E-state index in [1.54, 1.807) is 13.8 Å². The molecule has 0 atom stereocenters. The number of nitrogens with zero attached hydrogens (tertiary/aromatic N) is 1. The summed E-state index contributed by atoms with van der Waals surface area (Å²) in [5, 5.41) is 2.65. The quantitative estimate of drug-likeness (QED) is 0.856.